The molecule has 1 saturated heterocycles. The maximum Gasteiger partial charge on any atom is 0.215 e. The summed E-state index contributed by atoms with van der Waals surface area (Å²) < 4.78 is 5.96. The molecular formula is C29H31N5O2. The quantitative estimate of drug-likeness (QED) is 0.316. The van der Waals surface area contributed by atoms with Crippen LogP contribution in [-0.4, -0.2) is 35.4 Å². The molecule has 2 aromatic carbocycles. The first kappa shape index (κ1) is 22.0. The average Bonchev–Trinajstić information content (AvgIpc) is 3.38. The molecule has 1 aliphatic rings. The molecule has 0 amide bonds. The molecule has 1 fully saturated rings. The molecule has 0 bridgehead atoms. The lowest BCUT2D eigenvalue weighted by Gasteiger charge is -2.35. The molecule has 7 nitrogen and oxygen atoms in total. The van der Waals surface area contributed by atoms with Crippen LogP contribution in [0.5, 0.6) is 0 Å². The van der Waals surface area contributed by atoms with Crippen molar-refractivity contribution < 1.29 is 13.5 Å². The molecule has 6 rings (SSSR count). The monoisotopic (exact) mass is 481 g/mol. The maximum absolute atomic E-state index is 13.5. The topological polar surface area (TPSA) is 97.3 Å². The number of para-hydroxylation sites is 1. The highest BCUT2D eigenvalue weighted by molar-refractivity contribution is 6.11. The van der Waals surface area contributed by atoms with E-state index in [1.165, 1.54) is 5.56 Å². The number of pyridine rings is 2. The Balaban J connectivity index is 0.00000140. The lowest BCUT2D eigenvalue weighted by Crippen LogP contribution is -2.46. The Kier molecular flexibility index (Phi) is 5.67. The molecule has 0 saturated carbocycles. The van der Waals surface area contributed by atoms with Gasteiger partial charge in [0.05, 0.1) is 5.56 Å². The van der Waals surface area contributed by atoms with Crippen LogP contribution in [0.15, 0.2) is 95.5 Å². The van der Waals surface area contributed by atoms with Crippen molar-refractivity contribution in [1.29, 1.82) is 0 Å². The van der Waals surface area contributed by atoms with Gasteiger partial charge in [0.1, 0.15) is 28.7 Å². The fraction of sp³-hybridized carbons (Fsp3) is 0.138. The highest BCUT2D eigenvalue weighted by atomic mass is 16.3. The molecule has 0 radical (unpaired) electrons. The van der Waals surface area contributed by atoms with Crippen molar-refractivity contribution in [2.45, 2.75) is 6.04 Å². The number of fused-ring (bicyclic) bond motifs is 1. The molecule has 7 heteroatoms. The normalized spacial score (nSPS) is 15.8. The SMILES string of the molecule is Nc1ncc(-c2cc3ccccc3o2)cc1C(=O)c1cccc(N2CCNC(c3ccccc3)C2)n1.[HH].[HH].[HH]. The minimum absolute atomic E-state index is 0. The summed E-state index contributed by atoms with van der Waals surface area (Å²) in [7, 11) is 0. The number of furan rings is 1. The summed E-state index contributed by atoms with van der Waals surface area (Å²) >= 11 is 0. The van der Waals surface area contributed by atoms with E-state index in [-0.39, 0.29) is 21.9 Å². The van der Waals surface area contributed by atoms with Crippen LogP contribution in [0.2, 0.25) is 0 Å². The minimum atomic E-state index is -0.269. The second-order valence-electron chi connectivity index (χ2n) is 8.88. The Morgan fingerprint density at radius 1 is 1.03 bits per heavy atom. The van der Waals surface area contributed by atoms with Crippen LogP contribution in [0.4, 0.5) is 11.6 Å². The van der Waals surface area contributed by atoms with E-state index in [1.807, 2.05) is 60.7 Å². The number of nitrogens with one attached hydrogen (secondary N) is 1. The highest BCUT2D eigenvalue weighted by Crippen LogP contribution is 2.30. The third-order valence-corrected chi connectivity index (χ3v) is 6.54. The second-order valence-corrected chi connectivity index (χ2v) is 8.88. The number of piperazine rings is 1. The summed E-state index contributed by atoms with van der Waals surface area (Å²) in [5.74, 6) is 1.29. The Morgan fingerprint density at radius 3 is 2.72 bits per heavy atom. The number of nitrogens with zero attached hydrogens (tertiary/aromatic N) is 3. The number of nitrogens with two attached hydrogens (primary N) is 1. The van der Waals surface area contributed by atoms with E-state index in [4.69, 9.17) is 15.1 Å². The van der Waals surface area contributed by atoms with Crippen LogP contribution >= 0.6 is 0 Å². The van der Waals surface area contributed by atoms with E-state index in [2.05, 4.69) is 27.3 Å². The zero-order valence-corrected chi connectivity index (χ0v) is 19.6. The number of nitrogen functional groups attached to an aromatic ring is 1. The molecule has 184 valence electrons. The molecule has 0 aliphatic carbocycles. The fourth-order valence-electron chi connectivity index (χ4n) is 4.65. The highest BCUT2D eigenvalue weighted by Gasteiger charge is 2.23. The van der Waals surface area contributed by atoms with E-state index in [1.54, 1.807) is 18.3 Å². The molecule has 1 aliphatic heterocycles. The molecule has 4 heterocycles. The Bertz CT molecular complexity index is 1530. The lowest BCUT2D eigenvalue weighted by molar-refractivity contribution is 0.103. The van der Waals surface area contributed by atoms with Crippen molar-refractivity contribution in [3.05, 3.63) is 108 Å². The number of anilines is 2. The molecule has 5 aromatic rings. The van der Waals surface area contributed by atoms with Gasteiger partial charge in [0.25, 0.3) is 0 Å². The number of rotatable bonds is 5. The van der Waals surface area contributed by atoms with Crippen LogP contribution in [0, 0.1) is 0 Å². The molecule has 36 heavy (non-hydrogen) atoms. The summed E-state index contributed by atoms with van der Waals surface area (Å²) in [6.45, 7) is 2.40. The average molecular weight is 482 g/mol. The van der Waals surface area contributed by atoms with Gasteiger partial charge in [0.2, 0.25) is 5.78 Å². The van der Waals surface area contributed by atoms with Gasteiger partial charge >= 0.3 is 0 Å². The first-order chi connectivity index (χ1) is 17.7. The third-order valence-electron chi connectivity index (χ3n) is 6.54. The number of ketones is 1. The van der Waals surface area contributed by atoms with Crippen LogP contribution < -0.4 is 16.0 Å². The van der Waals surface area contributed by atoms with E-state index in [9.17, 15) is 4.79 Å². The minimum Gasteiger partial charge on any atom is -0.456 e. The number of hydrogen-bond donors (Lipinski definition) is 2. The zero-order chi connectivity index (χ0) is 24.5. The number of carbonyl (C=O) groups excluding carboxylic acids is 1. The first-order valence-corrected chi connectivity index (χ1v) is 12.0. The van der Waals surface area contributed by atoms with Gasteiger partial charge in [-0.2, -0.15) is 0 Å². The van der Waals surface area contributed by atoms with Crippen LogP contribution in [0.1, 0.15) is 31.9 Å². The molecule has 3 aromatic heterocycles. The first-order valence-electron chi connectivity index (χ1n) is 12.0. The fourth-order valence-corrected chi connectivity index (χ4v) is 4.65. The second kappa shape index (κ2) is 9.28. The van der Waals surface area contributed by atoms with Gasteiger partial charge < -0.3 is 20.4 Å². The van der Waals surface area contributed by atoms with Crippen molar-refractivity contribution >= 4 is 28.4 Å². The third kappa shape index (κ3) is 4.21. The number of aromatic nitrogens is 2. The predicted octanol–water partition coefficient (Wildman–Crippen LogP) is 5.59. The Morgan fingerprint density at radius 2 is 1.86 bits per heavy atom. The summed E-state index contributed by atoms with van der Waals surface area (Å²) in [6, 6.07) is 27.5. The van der Waals surface area contributed by atoms with Crippen LogP contribution in [0.3, 0.4) is 0 Å². The molecule has 3 N–H and O–H groups in total. The van der Waals surface area contributed by atoms with E-state index in [0.29, 0.717) is 22.6 Å². The number of benzene rings is 2. The summed E-state index contributed by atoms with van der Waals surface area (Å²) in [6.07, 6.45) is 1.62. The molecule has 1 atom stereocenters. The summed E-state index contributed by atoms with van der Waals surface area (Å²) in [5.41, 5.74) is 9.47. The van der Waals surface area contributed by atoms with Crippen molar-refractivity contribution in [3.63, 3.8) is 0 Å². The molecular weight excluding hydrogens is 450 g/mol. The lowest BCUT2D eigenvalue weighted by atomic mass is 10.0. The van der Waals surface area contributed by atoms with E-state index in [0.717, 1.165) is 36.4 Å². The van der Waals surface area contributed by atoms with Gasteiger partial charge in [-0.1, -0.05) is 54.6 Å². The van der Waals surface area contributed by atoms with Crippen LogP contribution in [-0.2, 0) is 0 Å². The van der Waals surface area contributed by atoms with Gasteiger partial charge in [-0.3, -0.25) is 4.79 Å². The standard InChI is InChI=1S/C29H25N5O2.3H2/c30-29-22(15-21(17-32-29)26-16-20-9-4-5-11-25(20)36-26)28(35)23-10-6-12-27(33-23)34-14-13-31-24(18-34)19-7-2-1-3-8-19;;;/h1-12,15-17,24,31H,13-14,18H2,(H2,30,32);3*1H. The number of carbonyl (C=O) groups is 1. The van der Waals surface area contributed by atoms with Crippen molar-refractivity contribution in [3.8, 4) is 11.3 Å². The van der Waals surface area contributed by atoms with Gasteiger partial charge in [-0.25, -0.2) is 9.97 Å². The number of hydrogen-bond acceptors (Lipinski definition) is 7. The zero-order valence-electron chi connectivity index (χ0n) is 19.6. The maximum atomic E-state index is 13.5. The van der Waals surface area contributed by atoms with Gasteiger partial charge in [-0.15, -0.1) is 0 Å². The Labute approximate surface area is 213 Å². The van der Waals surface area contributed by atoms with Gasteiger partial charge in [0, 0.05) is 47.1 Å². The van der Waals surface area contributed by atoms with Crippen molar-refractivity contribution in [1.82, 2.24) is 15.3 Å². The largest absolute Gasteiger partial charge is 0.456 e. The Hall–Kier alpha value is -4.49. The van der Waals surface area contributed by atoms with Crippen molar-refractivity contribution in [2.75, 3.05) is 30.3 Å². The summed E-state index contributed by atoms with van der Waals surface area (Å²) in [4.78, 5) is 24.7. The van der Waals surface area contributed by atoms with Crippen LogP contribution in [0.25, 0.3) is 22.3 Å². The summed E-state index contributed by atoms with van der Waals surface area (Å²) in [5, 5.41) is 4.55. The molecule has 0 spiro atoms. The van der Waals surface area contributed by atoms with E-state index < -0.39 is 0 Å². The van der Waals surface area contributed by atoms with Gasteiger partial charge in [0.15, 0.2) is 0 Å². The van der Waals surface area contributed by atoms with Crippen molar-refractivity contribution in [2.24, 2.45) is 0 Å². The van der Waals surface area contributed by atoms with E-state index >= 15 is 0 Å². The smallest absolute Gasteiger partial charge is 0.215 e. The van der Waals surface area contributed by atoms with Gasteiger partial charge in [-0.05, 0) is 35.9 Å². The predicted molar refractivity (Wildman–Crippen MR) is 147 cm³/mol. The molecule has 1 unspecified atom stereocenters.